The Morgan fingerprint density at radius 3 is 2.45 bits per heavy atom. The van der Waals surface area contributed by atoms with Gasteiger partial charge in [0.1, 0.15) is 6.61 Å². The van der Waals surface area contributed by atoms with E-state index in [1.165, 1.54) is 18.2 Å². The second-order valence-electron chi connectivity index (χ2n) is 6.95. The molecule has 1 fully saturated rings. The molecule has 0 radical (unpaired) electrons. The summed E-state index contributed by atoms with van der Waals surface area (Å²) in [6.07, 6.45) is -3.83. The van der Waals surface area contributed by atoms with Gasteiger partial charge in [0.05, 0.1) is 11.5 Å². The molecule has 0 aliphatic carbocycles. The number of nitro benzene ring substituents is 1. The third-order valence-electron chi connectivity index (χ3n) is 4.50. The van der Waals surface area contributed by atoms with Crippen LogP contribution >= 0.6 is 0 Å². The number of nitrogens with one attached hydrogen (secondary N) is 2. The molecule has 1 heterocycles. The smallest absolute Gasteiger partial charge is 0.372 e. The third kappa shape index (κ3) is 9.27. The van der Waals surface area contributed by atoms with Gasteiger partial charge in [-0.25, -0.2) is 0 Å². The molecular formula is C18H24F3N5O5. The van der Waals surface area contributed by atoms with Crippen LogP contribution in [0.2, 0.25) is 0 Å². The molecule has 1 aromatic rings. The Hall–Kier alpha value is -2.77. The van der Waals surface area contributed by atoms with E-state index in [0.29, 0.717) is 39.1 Å². The minimum Gasteiger partial charge on any atom is -0.372 e. The third-order valence-corrected chi connectivity index (χ3v) is 4.50. The first-order chi connectivity index (χ1) is 14.6. The summed E-state index contributed by atoms with van der Waals surface area (Å²) in [4.78, 5) is 38.1. The van der Waals surface area contributed by atoms with Gasteiger partial charge in [0.15, 0.2) is 0 Å². The zero-order valence-corrected chi connectivity index (χ0v) is 16.7. The molecule has 0 aromatic heterocycles. The monoisotopic (exact) mass is 447 g/mol. The van der Waals surface area contributed by atoms with Crippen LogP contribution in [0.4, 0.5) is 18.9 Å². The van der Waals surface area contributed by atoms with Crippen molar-refractivity contribution in [2.24, 2.45) is 0 Å². The molecule has 10 nitrogen and oxygen atoms in total. The number of halogens is 3. The molecule has 1 aliphatic rings. The zero-order valence-electron chi connectivity index (χ0n) is 16.7. The SMILES string of the molecule is O=C(CN1CCN(CCCOCC(F)(F)F)CC1)NNC(=O)c1cccc([N+](=O)[O-])c1. The largest absolute Gasteiger partial charge is 0.411 e. The Kier molecular flexibility index (Phi) is 9.15. The molecule has 1 aliphatic heterocycles. The number of benzene rings is 1. The fourth-order valence-corrected chi connectivity index (χ4v) is 2.95. The predicted octanol–water partition coefficient (Wildman–Crippen LogP) is 0.942. The molecule has 2 amide bonds. The lowest BCUT2D eigenvalue weighted by molar-refractivity contribution is -0.384. The number of alkyl halides is 3. The van der Waals surface area contributed by atoms with Crippen molar-refractivity contribution in [2.45, 2.75) is 12.6 Å². The number of ether oxygens (including phenoxy) is 1. The minimum absolute atomic E-state index is 0.0341. The highest BCUT2D eigenvalue weighted by Crippen LogP contribution is 2.14. The second kappa shape index (κ2) is 11.6. The number of non-ortho nitro benzene ring substituents is 1. The molecule has 1 saturated heterocycles. The van der Waals surface area contributed by atoms with Gasteiger partial charge in [-0.3, -0.25) is 35.5 Å². The lowest BCUT2D eigenvalue weighted by Crippen LogP contribution is -2.52. The van der Waals surface area contributed by atoms with Gasteiger partial charge in [-0.2, -0.15) is 13.2 Å². The molecule has 0 unspecified atom stereocenters. The van der Waals surface area contributed by atoms with Crippen molar-refractivity contribution in [3.8, 4) is 0 Å². The molecule has 1 aromatic carbocycles. The highest BCUT2D eigenvalue weighted by atomic mass is 19.4. The molecule has 0 bridgehead atoms. The van der Waals surface area contributed by atoms with Gasteiger partial charge in [0.25, 0.3) is 17.5 Å². The van der Waals surface area contributed by atoms with Crippen LogP contribution in [0.3, 0.4) is 0 Å². The van der Waals surface area contributed by atoms with Crippen molar-refractivity contribution in [2.75, 3.05) is 52.5 Å². The number of nitrogens with zero attached hydrogens (tertiary/aromatic N) is 3. The van der Waals surface area contributed by atoms with E-state index in [1.54, 1.807) is 0 Å². The first kappa shape index (κ1) is 24.5. The van der Waals surface area contributed by atoms with Crippen LogP contribution in [0.15, 0.2) is 24.3 Å². The number of hydrazine groups is 1. The topological polar surface area (TPSA) is 117 Å². The molecule has 2 rings (SSSR count). The fourth-order valence-electron chi connectivity index (χ4n) is 2.95. The van der Waals surface area contributed by atoms with Gasteiger partial charge in [-0.15, -0.1) is 0 Å². The summed E-state index contributed by atoms with van der Waals surface area (Å²) < 4.78 is 40.6. The summed E-state index contributed by atoms with van der Waals surface area (Å²) in [6, 6.07) is 5.12. The van der Waals surface area contributed by atoms with Crippen LogP contribution in [-0.4, -0.2) is 85.2 Å². The lowest BCUT2D eigenvalue weighted by atomic mass is 10.2. The summed E-state index contributed by atoms with van der Waals surface area (Å²) in [6.45, 7) is 1.96. The standard InChI is InChI=1S/C18H24F3N5O5/c19-18(20,21)13-31-10-2-5-24-6-8-25(9-7-24)12-16(27)22-23-17(28)14-3-1-4-15(11-14)26(29)30/h1,3-4,11H,2,5-10,12-13H2,(H,22,27)(H,23,28). The van der Waals surface area contributed by atoms with E-state index in [-0.39, 0.29) is 24.4 Å². The summed E-state index contributed by atoms with van der Waals surface area (Å²) in [5.74, 6) is -1.11. The highest BCUT2D eigenvalue weighted by molar-refractivity contribution is 5.96. The molecule has 2 N–H and O–H groups in total. The van der Waals surface area contributed by atoms with Gasteiger partial charge in [0, 0.05) is 57.0 Å². The van der Waals surface area contributed by atoms with Crippen LogP contribution in [0.25, 0.3) is 0 Å². The number of carbonyl (C=O) groups excluding carboxylic acids is 2. The van der Waals surface area contributed by atoms with E-state index in [0.717, 1.165) is 6.07 Å². The van der Waals surface area contributed by atoms with Crippen molar-refractivity contribution < 1.29 is 32.4 Å². The molecule has 31 heavy (non-hydrogen) atoms. The second-order valence-corrected chi connectivity index (χ2v) is 6.95. The van der Waals surface area contributed by atoms with Crippen molar-refractivity contribution in [3.05, 3.63) is 39.9 Å². The number of hydrogen-bond donors (Lipinski definition) is 2. The van der Waals surface area contributed by atoms with E-state index in [2.05, 4.69) is 20.5 Å². The molecule has 0 atom stereocenters. The van der Waals surface area contributed by atoms with Gasteiger partial charge < -0.3 is 9.64 Å². The first-order valence-corrected chi connectivity index (χ1v) is 9.57. The average Bonchev–Trinajstić information content (AvgIpc) is 2.72. The van der Waals surface area contributed by atoms with Gasteiger partial charge in [0.2, 0.25) is 0 Å². The van der Waals surface area contributed by atoms with Gasteiger partial charge in [-0.05, 0) is 12.5 Å². The van der Waals surface area contributed by atoms with E-state index < -0.39 is 29.5 Å². The predicted molar refractivity (Wildman–Crippen MR) is 103 cm³/mol. The van der Waals surface area contributed by atoms with Crippen molar-refractivity contribution in [1.29, 1.82) is 0 Å². The summed E-state index contributed by atoms with van der Waals surface area (Å²) in [5, 5.41) is 10.8. The number of nitro groups is 1. The maximum atomic E-state index is 12.0. The maximum absolute atomic E-state index is 12.0. The Morgan fingerprint density at radius 1 is 1.13 bits per heavy atom. The lowest BCUT2D eigenvalue weighted by Gasteiger charge is -2.34. The van der Waals surface area contributed by atoms with E-state index in [4.69, 9.17) is 0 Å². The quantitative estimate of drug-likeness (QED) is 0.329. The molecule has 0 saturated carbocycles. The van der Waals surface area contributed by atoms with Crippen LogP contribution < -0.4 is 10.9 Å². The molecule has 13 heteroatoms. The van der Waals surface area contributed by atoms with Crippen LogP contribution in [0.5, 0.6) is 0 Å². The van der Waals surface area contributed by atoms with Crippen LogP contribution in [0.1, 0.15) is 16.8 Å². The van der Waals surface area contributed by atoms with E-state index in [1.807, 2.05) is 4.90 Å². The normalized spacial score (nSPS) is 15.5. The maximum Gasteiger partial charge on any atom is 0.411 e. The number of hydrogen-bond acceptors (Lipinski definition) is 7. The van der Waals surface area contributed by atoms with Crippen LogP contribution in [0, 0.1) is 10.1 Å². The molecule has 0 spiro atoms. The van der Waals surface area contributed by atoms with E-state index in [9.17, 15) is 32.9 Å². The Labute approximate surface area is 176 Å². The summed E-state index contributed by atoms with van der Waals surface area (Å²) in [7, 11) is 0. The minimum atomic E-state index is -4.31. The highest BCUT2D eigenvalue weighted by Gasteiger charge is 2.27. The number of carbonyl (C=O) groups is 2. The molecular weight excluding hydrogens is 423 g/mol. The fraction of sp³-hybridized carbons (Fsp3) is 0.556. The number of piperazine rings is 1. The zero-order chi connectivity index (χ0) is 22.9. The van der Waals surface area contributed by atoms with Gasteiger partial charge >= 0.3 is 6.18 Å². The Morgan fingerprint density at radius 2 is 1.81 bits per heavy atom. The van der Waals surface area contributed by atoms with E-state index >= 15 is 0 Å². The van der Waals surface area contributed by atoms with Crippen molar-refractivity contribution in [3.63, 3.8) is 0 Å². The van der Waals surface area contributed by atoms with Gasteiger partial charge in [-0.1, -0.05) is 6.07 Å². The molecule has 172 valence electrons. The van der Waals surface area contributed by atoms with Crippen molar-refractivity contribution in [1.82, 2.24) is 20.7 Å². The first-order valence-electron chi connectivity index (χ1n) is 9.57. The summed E-state index contributed by atoms with van der Waals surface area (Å²) in [5.41, 5.74) is 4.31. The summed E-state index contributed by atoms with van der Waals surface area (Å²) >= 11 is 0. The number of rotatable bonds is 9. The Bertz CT molecular complexity index is 769. The van der Waals surface area contributed by atoms with Crippen molar-refractivity contribution >= 4 is 17.5 Å². The average molecular weight is 447 g/mol. The van der Waals surface area contributed by atoms with Crippen LogP contribution in [-0.2, 0) is 9.53 Å². The Balaban J connectivity index is 1.62. The number of amides is 2.